The second-order valence-electron chi connectivity index (χ2n) is 13.8. The average Bonchev–Trinajstić information content (AvgIpc) is 3.06. The summed E-state index contributed by atoms with van der Waals surface area (Å²) >= 11 is 0. The number of hydrogen-bond donors (Lipinski definition) is 1. The highest BCUT2D eigenvalue weighted by Crippen LogP contribution is 2.15. The van der Waals surface area contributed by atoms with E-state index in [0.29, 0.717) is 12.8 Å². The number of ether oxygens (including phenoxy) is 2. The lowest BCUT2D eigenvalue weighted by atomic mass is 10.0. The Morgan fingerprint density at radius 3 is 1.00 bits per heavy atom. The Labute approximate surface area is 286 Å². The molecule has 0 amide bonds. The molecule has 0 bridgehead atoms. The molecule has 0 aliphatic rings. The van der Waals surface area contributed by atoms with E-state index in [0.717, 1.165) is 38.5 Å². The highest BCUT2D eigenvalue weighted by Gasteiger charge is 2.12. The lowest BCUT2D eigenvalue weighted by molar-refractivity contribution is -0.152. The molecule has 5 heteroatoms. The van der Waals surface area contributed by atoms with Crippen LogP contribution in [0.2, 0.25) is 0 Å². The molecule has 0 saturated heterocycles. The fourth-order valence-corrected chi connectivity index (χ4v) is 5.91. The first-order chi connectivity index (χ1) is 22.6. The third-order valence-corrected chi connectivity index (χ3v) is 9.00. The standard InChI is InChI=1S/C41H78O5/c1-3-5-7-9-11-13-15-17-19-20-22-24-26-28-30-32-34-36-41(44)46-38-39(42)37-45-40(43)35-33-31-29-27-25-23-21-18-16-14-12-10-8-6-4-2/h18,21,39,42H,3-17,19-20,22-38H2,1-2H3/b21-18-/t39-/m0/s1. The maximum Gasteiger partial charge on any atom is 0.305 e. The summed E-state index contributed by atoms with van der Waals surface area (Å²) in [5, 5.41) is 10.0. The van der Waals surface area contributed by atoms with Crippen molar-refractivity contribution in [2.75, 3.05) is 13.2 Å². The first-order valence-corrected chi connectivity index (χ1v) is 20.2. The highest BCUT2D eigenvalue weighted by atomic mass is 16.6. The van der Waals surface area contributed by atoms with Crippen LogP contribution in [0.15, 0.2) is 12.2 Å². The molecule has 0 aliphatic heterocycles. The fraction of sp³-hybridized carbons (Fsp3) is 0.902. The van der Waals surface area contributed by atoms with Gasteiger partial charge in [0.1, 0.15) is 19.3 Å². The SMILES string of the molecule is CCCCCCCC/C=C\CCCCCCCC(=O)OC[C@H](O)COC(=O)CCCCCCCCCCCCCCCCCCC. The summed E-state index contributed by atoms with van der Waals surface area (Å²) in [7, 11) is 0. The molecule has 0 heterocycles. The van der Waals surface area contributed by atoms with E-state index >= 15 is 0 Å². The average molecular weight is 651 g/mol. The zero-order chi connectivity index (χ0) is 33.6. The second kappa shape index (κ2) is 38.1. The van der Waals surface area contributed by atoms with Crippen LogP contribution in [-0.4, -0.2) is 36.4 Å². The maximum atomic E-state index is 12.0. The van der Waals surface area contributed by atoms with E-state index in [2.05, 4.69) is 26.0 Å². The third-order valence-electron chi connectivity index (χ3n) is 9.00. The van der Waals surface area contributed by atoms with Crippen molar-refractivity contribution in [3.63, 3.8) is 0 Å². The normalized spacial score (nSPS) is 12.2. The first kappa shape index (κ1) is 44.6. The number of allylic oxidation sites excluding steroid dienone is 2. The summed E-state index contributed by atoms with van der Waals surface area (Å²) in [6, 6.07) is 0. The van der Waals surface area contributed by atoms with Gasteiger partial charge >= 0.3 is 11.9 Å². The van der Waals surface area contributed by atoms with Crippen molar-refractivity contribution in [2.45, 2.75) is 225 Å². The first-order valence-electron chi connectivity index (χ1n) is 20.2. The minimum atomic E-state index is -0.961. The van der Waals surface area contributed by atoms with Crippen LogP contribution < -0.4 is 0 Å². The van der Waals surface area contributed by atoms with E-state index in [1.165, 1.54) is 154 Å². The number of carbonyl (C=O) groups excluding carboxylic acids is 2. The number of esters is 2. The van der Waals surface area contributed by atoms with Crippen molar-refractivity contribution in [1.29, 1.82) is 0 Å². The number of hydrogen-bond acceptors (Lipinski definition) is 5. The molecule has 1 N–H and O–H groups in total. The van der Waals surface area contributed by atoms with Crippen molar-refractivity contribution in [3.8, 4) is 0 Å². The Morgan fingerprint density at radius 2 is 0.696 bits per heavy atom. The summed E-state index contributed by atoms with van der Waals surface area (Å²) in [5.74, 6) is -0.564. The molecule has 0 saturated carbocycles. The molecule has 1 atom stereocenters. The Hall–Kier alpha value is -1.36. The molecule has 0 aromatic carbocycles. The third kappa shape index (κ3) is 37.1. The smallest absolute Gasteiger partial charge is 0.305 e. The highest BCUT2D eigenvalue weighted by molar-refractivity contribution is 5.69. The second-order valence-corrected chi connectivity index (χ2v) is 13.8. The van der Waals surface area contributed by atoms with Gasteiger partial charge in [-0.05, 0) is 38.5 Å². The van der Waals surface area contributed by atoms with Crippen LogP contribution >= 0.6 is 0 Å². The van der Waals surface area contributed by atoms with Crippen LogP contribution in [0.1, 0.15) is 219 Å². The van der Waals surface area contributed by atoms with Gasteiger partial charge in [0.2, 0.25) is 0 Å². The number of carbonyl (C=O) groups is 2. The molecule has 0 fully saturated rings. The Morgan fingerprint density at radius 1 is 0.435 bits per heavy atom. The minimum Gasteiger partial charge on any atom is -0.463 e. The number of rotatable bonds is 37. The molecule has 272 valence electrons. The zero-order valence-corrected chi connectivity index (χ0v) is 30.9. The fourth-order valence-electron chi connectivity index (χ4n) is 5.91. The minimum absolute atomic E-state index is 0.113. The predicted octanol–water partition coefficient (Wildman–Crippen LogP) is 12.5. The van der Waals surface area contributed by atoms with Gasteiger partial charge in [-0.3, -0.25) is 9.59 Å². The molecule has 0 spiro atoms. The van der Waals surface area contributed by atoms with Gasteiger partial charge in [-0.25, -0.2) is 0 Å². The van der Waals surface area contributed by atoms with Crippen molar-refractivity contribution in [3.05, 3.63) is 12.2 Å². The Balaban J connectivity index is 3.40. The maximum absolute atomic E-state index is 12.0. The summed E-state index contributed by atoms with van der Waals surface area (Å²) in [6.07, 6.45) is 42.7. The van der Waals surface area contributed by atoms with E-state index in [1.807, 2.05) is 0 Å². The molecule has 0 radical (unpaired) electrons. The van der Waals surface area contributed by atoms with E-state index < -0.39 is 6.10 Å². The lowest BCUT2D eigenvalue weighted by Crippen LogP contribution is -2.25. The van der Waals surface area contributed by atoms with E-state index in [4.69, 9.17) is 9.47 Å². The molecule has 46 heavy (non-hydrogen) atoms. The number of unbranched alkanes of at least 4 members (excludes halogenated alkanes) is 27. The van der Waals surface area contributed by atoms with Crippen LogP contribution in [0.3, 0.4) is 0 Å². The van der Waals surface area contributed by atoms with E-state index in [1.54, 1.807) is 0 Å². The molecule has 5 nitrogen and oxygen atoms in total. The number of aliphatic hydroxyl groups excluding tert-OH is 1. The zero-order valence-electron chi connectivity index (χ0n) is 30.9. The van der Waals surface area contributed by atoms with Crippen LogP contribution in [-0.2, 0) is 19.1 Å². The number of aliphatic hydroxyl groups is 1. The topological polar surface area (TPSA) is 72.8 Å². The molecule has 0 aromatic rings. The van der Waals surface area contributed by atoms with Crippen LogP contribution in [0.25, 0.3) is 0 Å². The van der Waals surface area contributed by atoms with Gasteiger partial charge in [0.15, 0.2) is 0 Å². The van der Waals surface area contributed by atoms with Gasteiger partial charge < -0.3 is 14.6 Å². The summed E-state index contributed by atoms with van der Waals surface area (Å²) < 4.78 is 10.3. The van der Waals surface area contributed by atoms with Gasteiger partial charge in [-0.2, -0.15) is 0 Å². The van der Waals surface area contributed by atoms with Crippen molar-refractivity contribution in [2.24, 2.45) is 0 Å². The van der Waals surface area contributed by atoms with Crippen molar-refractivity contribution < 1.29 is 24.2 Å². The summed E-state index contributed by atoms with van der Waals surface area (Å²) in [6.45, 7) is 4.31. The van der Waals surface area contributed by atoms with Crippen LogP contribution in [0.5, 0.6) is 0 Å². The van der Waals surface area contributed by atoms with E-state index in [9.17, 15) is 14.7 Å². The van der Waals surface area contributed by atoms with E-state index in [-0.39, 0.29) is 25.2 Å². The van der Waals surface area contributed by atoms with Gasteiger partial charge in [-0.1, -0.05) is 180 Å². The lowest BCUT2D eigenvalue weighted by Gasteiger charge is -2.12. The molecule has 0 unspecified atom stereocenters. The van der Waals surface area contributed by atoms with Crippen molar-refractivity contribution in [1.82, 2.24) is 0 Å². The quantitative estimate of drug-likeness (QED) is 0.0411. The van der Waals surface area contributed by atoms with Crippen LogP contribution in [0.4, 0.5) is 0 Å². The van der Waals surface area contributed by atoms with Crippen molar-refractivity contribution >= 4 is 11.9 Å². The molecule has 0 aliphatic carbocycles. The predicted molar refractivity (Wildman–Crippen MR) is 196 cm³/mol. The molecular formula is C41H78O5. The van der Waals surface area contributed by atoms with Gasteiger partial charge in [0.25, 0.3) is 0 Å². The largest absolute Gasteiger partial charge is 0.463 e. The molecular weight excluding hydrogens is 572 g/mol. The van der Waals surface area contributed by atoms with Gasteiger partial charge in [0.05, 0.1) is 0 Å². The van der Waals surface area contributed by atoms with Gasteiger partial charge in [-0.15, -0.1) is 0 Å². The Kier molecular flexibility index (Phi) is 37.0. The van der Waals surface area contributed by atoms with Crippen LogP contribution in [0, 0.1) is 0 Å². The molecule has 0 aromatic heterocycles. The summed E-state index contributed by atoms with van der Waals surface area (Å²) in [4.78, 5) is 23.9. The summed E-state index contributed by atoms with van der Waals surface area (Å²) in [5.41, 5.74) is 0. The molecule has 0 rings (SSSR count). The van der Waals surface area contributed by atoms with Gasteiger partial charge in [0, 0.05) is 12.8 Å². The monoisotopic (exact) mass is 651 g/mol. The Bertz CT molecular complexity index is 661.